The molecule has 1 amide bonds. The predicted molar refractivity (Wildman–Crippen MR) is 48.1 cm³/mol. The molecule has 2 heterocycles. The second-order valence-electron chi connectivity index (χ2n) is 3.39. The van der Waals surface area contributed by atoms with Gasteiger partial charge in [0, 0.05) is 13.5 Å². The predicted octanol–water partition coefficient (Wildman–Crippen LogP) is 1.96. The molecule has 0 aromatic carbocycles. The van der Waals surface area contributed by atoms with Crippen LogP contribution in [0.15, 0.2) is 22.8 Å². The van der Waals surface area contributed by atoms with Gasteiger partial charge in [-0.3, -0.25) is 4.79 Å². The van der Waals surface area contributed by atoms with Gasteiger partial charge in [0.05, 0.1) is 12.3 Å². The van der Waals surface area contributed by atoms with E-state index in [2.05, 4.69) is 0 Å². The molecule has 0 radical (unpaired) electrons. The van der Waals surface area contributed by atoms with Gasteiger partial charge in [0.2, 0.25) is 5.91 Å². The van der Waals surface area contributed by atoms with Gasteiger partial charge in [-0.2, -0.15) is 0 Å². The summed E-state index contributed by atoms with van der Waals surface area (Å²) in [5.41, 5.74) is 0. The quantitative estimate of drug-likeness (QED) is 0.660. The molecule has 0 N–H and O–H groups in total. The Balaban J connectivity index is 2.19. The third kappa shape index (κ3) is 1.46. The first kappa shape index (κ1) is 8.35. The monoisotopic (exact) mass is 179 g/mol. The van der Waals surface area contributed by atoms with Crippen molar-refractivity contribution in [2.24, 2.45) is 0 Å². The van der Waals surface area contributed by atoms with E-state index in [1.165, 1.54) is 0 Å². The van der Waals surface area contributed by atoms with E-state index in [0.717, 1.165) is 25.1 Å². The molecule has 1 atom stereocenters. The first-order valence-corrected chi connectivity index (χ1v) is 4.59. The van der Waals surface area contributed by atoms with Crippen molar-refractivity contribution >= 4 is 5.91 Å². The molecular weight excluding hydrogens is 166 g/mol. The van der Waals surface area contributed by atoms with E-state index in [1.54, 1.807) is 13.2 Å². The summed E-state index contributed by atoms with van der Waals surface area (Å²) in [5.74, 6) is 1.05. The van der Waals surface area contributed by atoms with Crippen molar-refractivity contribution in [3.8, 4) is 0 Å². The minimum Gasteiger partial charge on any atom is -0.467 e. The van der Waals surface area contributed by atoms with Crippen LogP contribution in [0.4, 0.5) is 0 Å². The van der Waals surface area contributed by atoms with Crippen LogP contribution in [0, 0.1) is 0 Å². The van der Waals surface area contributed by atoms with Gasteiger partial charge in [-0.1, -0.05) is 0 Å². The molecule has 1 aliphatic rings. The fourth-order valence-corrected chi connectivity index (χ4v) is 1.92. The summed E-state index contributed by atoms with van der Waals surface area (Å²) >= 11 is 0. The van der Waals surface area contributed by atoms with E-state index in [1.807, 2.05) is 17.0 Å². The lowest BCUT2D eigenvalue weighted by Gasteiger charge is -2.20. The third-order valence-electron chi connectivity index (χ3n) is 2.53. The van der Waals surface area contributed by atoms with Gasteiger partial charge in [0.15, 0.2) is 0 Å². The Labute approximate surface area is 77.3 Å². The second-order valence-corrected chi connectivity index (χ2v) is 3.39. The molecule has 13 heavy (non-hydrogen) atoms. The van der Waals surface area contributed by atoms with Gasteiger partial charge in [0.1, 0.15) is 5.76 Å². The van der Waals surface area contributed by atoms with Gasteiger partial charge in [-0.25, -0.2) is 0 Å². The van der Waals surface area contributed by atoms with Gasteiger partial charge < -0.3 is 9.32 Å². The van der Waals surface area contributed by atoms with Crippen LogP contribution in [0.3, 0.4) is 0 Å². The molecule has 70 valence electrons. The minimum atomic E-state index is 0.138. The SMILES string of the molecule is CC(=O)N1CCCC1c1ccco1. The summed E-state index contributed by atoms with van der Waals surface area (Å²) in [6, 6.07) is 3.98. The lowest BCUT2D eigenvalue weighted by Crippen LogP contribution is -2.27. The van der Waals surface area contributed by atoms with E-state index in [4.69, 9.17) is 4.42 Å². The van der Waals surface area contributed by atoms with Crippen LogP contribution in [0.5, 0.6) is 0 Å². The Kier molecular flexibility index (Phi) is 2.08. The minimum absolute atomic E-state index is 0.138. The van der Waals surface area contributed by atoms with E-state index in [-0.39, 0.29) is 11.9 Å². The van der Waals surface area contributed by atoms with E-state index >= 15 is 0 Å². The number of rotatable bonds is 1. The molecule has 1 aliphatic heterocycles. The molecule has 1 saturated heterocycles. The van der Waals surface area contributed by atoms with Crippen molar-refractivity contribution in [3.05, 3.63) is 24.2 Å². The molecule has 1 unspecified atom stereocenters. The third-order valence-corrected chi connectivity index (χ3v) is 2.53. The summed E-state index contributed by atoms with van der Waals surface area (Å²) in [6.07, 6.45) is 3.75. The van der Waals surface area contributed by atoms with E-state index < -0.39 is 0 Å². The highest BCUT2D eigenvalue weighted by atomic mass is 16.3. The molecule has 1 aromatic heterocycles. The van der Waals surface area contributed by atoms with E-state index in [0.29, 0.717) is 0 Å². The van der Waals surface area contributed by atoms with Crippen molar-refractivity contribution in [2.45, 2.75) is 25.8 Å². The summed E-state index contributed by atoms with van der Waals surface area (Å²) < 4.78 is 5.30. The topological polar surface area (TPSA) is 33.5 Å². The number of likely N-dealkylation sites (tertiary alicyclic amines) is 1. The Morgan fingerprint density at radius 3 is 3.15 bits per heavy atom. The fraction of sp³-hybridized carbons (Fsp3) is 0.500. The average molecular weight is 179 g/mol. The van der Waals surface area contributed by atoms with Crippen LogP contribution in [-0.2, 0) is 4.79 Å². The Morgan fingerprint density at radius 1 is 1.69 bits per heavy atom. The van der Waals surface area contributed by atoms with Crippen LogP contribution in [0.25, 0.3) is 0 Å². The molecule has 0 spiro atoms. The van der Waals surface area contributed by atoms with Gasteiger partial charge in [0.25, 0.3) is 0 Å². The summed E-state index contributed by atoms with van der Waals surface area (Å²) in [6.45, 7) is 2.47. The van der Waals surface area contributed by atoms with Gasteiger partial charge in [-0.15, -0.1) is 0 Å². The molecule has 0 bridgehead atoms. The molecule has 1 aromatic rings. The van der Waals surface area contributed by atoms with Crippen LogP contribution < -0.4 is 0 Å². The molecule has 2 rings (SSSR count). The largest absolute Gasteiger partial charge is 0.467 e. The molecule has 0 saturated carbocycles. The summed E-state index contributed by atoms with van der Waals surface area (Å²) in [5, 5.41) is 0. The van der Waals surface area contributed by atoms with Crippen molar-refractivity contribution in [2.75, 3.05) is 6.54 Å². The lowest BCUT2D eigenvalue weighted by atomic mass is 10.2. The Morgan fingerprint density at radius 2 is 2.54 bits per heavy atom. The lowest BCUT2D eigenvalue weighted by molar-refractivity contribution is -0.130. The van der Waals surface area contributed by atoms with Crippen molar-refractivity contribution in [3.63, 3.8) is 0 Å². The van der Waals surface area contributed by atoms with Crippen LogP contribution in [0.2, 0.25) is 0 Å². The highest BCUT2D eigenvalue weighted by Crippen LogP contribution is 2.31. The molecule has 3 heteroatoms. The maximum atomic E-state index is 11.2. The number of hydrogen-bond donors (Lipinski definition) is 0. The Bertz CT molecular complexity index is 292. The van der Waals surface area contributed by atoms with Gasteiger partial charge in [-0.05, 0) is 25.0 Å². The zero-order chi connectivity index (χ0) is 9.26. The highest BCUT2D eigenvalue weighted by molar-refractivity contribution is 5.74. The van der Waals surface area contributed by atoms with E-state index in [9.17, 15) is 4.79 Å². The standard InChI is InChI=1S/C10H13NO2/c1-8(12)11-6-2-4-9(11)10-5-3-7-13-10/h3,5,7,9H,2,4,6H2,1H3. The fourth-order valence-electron chi connectivity index (χ4n) is 1.92. The van der Waals surface area contributed by atoms with Crippen LogP contribution in [-0.4, -0.2) is 17.4 Å². The number of furan rings is 1. The molecular formula is C10H13NO2. The molecule has 1 fully saturated rings. The van der Waals surface area contributed by atoms with Crippen molar-refractivity contribution < 1.29 is 9.21 Å². The average Bonchev–Trinajstić information content (AvgIpc) is 2.74. The Hall–Kier alpha value is -1.25. The zero-order valence-corrected chi connectivity index (χ0v) is 7.69. The first-order chi connectivity index (χ1) is 6.29. The normalized spacial score (nSPS) is 22.2. The molecule has 3 nitrogen and oxygen atoms in total. The van der Waals surface area contributed by atoms with Crippen LogP contribution >= 0.6 is 0 Å². The number of hydrogen-bond acceptors (Lipinski definition) is 2. The smallest absolute Gasteiger partial charge is 0.220 e. The zero-order valence-electron chi connectivity index (χ0n) is 7.69. The van der Waals surface area contributed by atoms with Crippen molar-refractivity contribution in [1.29, 1.82) is 0 Å². The highest BCUT2D eigenvalue weighted by Gasteiger charge is 2.29. The maximum Gasteiger partial charge on any atom is 0.220 e. The first-order valence-electron chi connectivity index (χ1n) is 4.59. The van der Waals surface area contributed by atoms with Crippen LogP contribution in [0.1, 0.15) is 31.6 Å². The number of carbonyl (C=O) groups is 1. The maximum absolute atomic E-state index is 11.2. The van der Waals surface area contributed by atoms with Gasteiger partial charge >= 0.3 is 0 Å². The summed E-state index contributed by atoms with van der Waals surface area (Å²) in [4.78, 5) is 13.1. The number of nitrogens with zero attached hydrogens (tertiary/aromatic N) is 1. The number of amides is 1. The second kappa shape index (κ2) is 3.24. The van der Waals surface area contributed by atoms with Crippen molar-refractivity contribution in [1.82, 2.24) is 4.90 Å². The summed E-state index contributed by atoms with van der Waals surface area (Å²) in [7, 11) is 0. The number of carbonyl (C=O) groups excluding carboxylic acids is 1. The molecule has 0 aliphatic carbocycles.